The number of hydrogen-bond donors (Lipinski definition) is 3. The van der Waals surface area contributed by atoms with E-state index in [2.05, 4.69) is 10.6 Å². The minimum absolute atomic E-state index is 0.300. The number of nitrogens with zero attached hydrogens (tertiary/aromatic N) is 1. The number of β-lactam (4-membered cyclic amide) rings is 1. The van der Waals surface area contributed by atoms with Crippen LogP contribution in [0, 0.1) is 0 Å². The average Bonchev–Trinajstić information content (AvgIpc) is 2.65. The highest BCUT2D eigenvalue weighted by Crippen LogP contribution is 2.50. The lowest BCUT2D eigenvalue weighted by Gasteiger charge is -2.43. The van der Waals surface area contributed by atoms with Gasteiger partial charge in [-0.1, -0.05) is 13.3 Å². The summed E-state index contributed by atoms with van der Waals surface area (Å²) in [6.45, 7) is 6.20. The van der Waals surface area contributed by atoms with Crippen molar-refractivity contribution < 1.29 is 19.5 Å². The zero-order valence-electron chi connectivity index (χ0n) is 12.4. The van der Waals surface area contributed by atoms with Gasteiger partial charge in [0, 0.05) is 11.3 Å². The zero-order chi connectivity index (χ0) is 15.8. The smallest absolute Gasteiger partial charge is 0.327 e. The molecule has 21 heavy (non-hydrogen) atoms. The number of urea groups is 1. The third-order valence-corrected chi connectivity index (χ3v) is 5.35. The number of hydrogen-bond acceptors (Lipinski definition) is 4. The van der Waals surface area contributed by atoms with Crippen molar-refractivity contribution in [2.24, 2.45) is 0 Å². The second-order valence-electron chi connectivity index (χ2n) is 5.83. The minimum Gasteiger partial charge on any atom is -0.480 e. The number of carboxylic acids is 1. The fraction of sp³-hybridized carbons (Fsp3) is 0.769. The van der Waals surface area contributed by atoms with Crippen LogP contribution >= 0.6 is 11.8 Å². The van der Waals surface area contributed by atoms with Crippen molar-refractivity contribution in [1.29, 1.82) is 0 Å². The summed E-state index contributed by atoms with van der Waals surface area (Å²) in [5.41, 5.74) is 0. The quantitative estimate of drug-likeness (QED) is 0.510. The molecule has 0 bridgehead atoms. The number of amides is 3. The normalized spacial score (nSPS) is 29.6. The maximum absolute atomic E-state index is 12.1. The first-order chi connectivity index (χ1) is 9.79. The number of carboxylic acid groups (broad SMARTS) is 1. The molecule has 0 spiro atoms. The summed E-state index contributed by atoms with van der Waals surface area (Å²) in [5.74, 6) is -1.33. The topological polar surface area (TPSA) is 98.7 Å². The van der Waals surface area contributed by atoms with Gasteiger partial charge < -0.3 is 20.6 Å². The molecule has 3 N–H and O–H groups in total. The molecule has 0 aromatic rings. The molecule has 2 heterocycles. The van der Waals surface area contributed by atoms with Gasteiger partial charge in [0.25, 0.3) is 0 Å². The van der Waals surface area contributed by atoms with Crippen LogP contribution < -0.4 is 10.6 Å². The molecule has 2 aliphatic heterocycles. The van der Waals surface area contributed by atoms with Crippen LogP contribution in [0.5, 0.6) is 0 Å². The Kier molecular flexibility index (Phi) is 4.36. The van der Waals surface area contributed by atoms with Gasteiger partial charge in [0.05, 0.1) is 0 Å². The molecule has 2 fully saturated rings. The maximum Gasteiger partial charge on any atom is 0.327 e. The number of carbonyl (C=O) groups is 3. The van der Waals surface area contributed by atoms with E-state index in [0.717, 1.165) is 12.8 Å². The SMILES string of the molecule is CCCCNC(=O)N[C@@H]1C(=O)N2[C@@H](C(=O)O)C(C)(C)S[C@@H]12. The van der Waals surface area contributed by atoms with E-state index in [0.29, 0.717) is 6.54 Å². The number of carbonyl (C=O) groups excluding carboxylic acids is 2. The summed E-state index contributed by atoms with van der Waals surface area (Å²) < 4.78 is -0.568. The Labute approximate surface area is 127 Å². The maximum atomic E-state index is 12.1. The predicted octanol–water partition coefficient (Wildman–Crippen LogP) is 0.601. The third-order valence-electron chi connectivity index (χ3n) is 3.78. The Hall–Kier alpha value is -1.44. The third kappa shape index (κ3) is 2.81. The molecule has 118 valence electrons. The second-order valence-corrected chi connectivity index (χ2v) is 7.60. The standard InChI is InChI=1S/C13H21N3O4S/c1-4-5-6-14-12(20)15-7-9(17)16-8(11(18)19)13(2,3)21-10(7)16/h7-8,10H,4-6H2,1-3H3,(H,18,19)(H2,14,15,20)/t7-,8+,10+/m1/s1. The highest BCUT2D eigenvalue weighted by Gasteiger charge is 2.64. The molecular formula is C13H21N3O4S. The van der Waals surface area contributed by atoms with E-state index in [1.165, 1.54) is 16.7 Å². The number of unbranched alkanes of at least 4 members (excludes halogenated alkanes) is 1. The molecule has 3 atom stereocenters. The molecule has 3 amide bonds. The number of aliphatic carboxylic acids is 1. The van der Waals surface area contributed by atoms with Crippen molar-refractivity contribution in [2.75, 3.05) is 6.54 Å². The number of fused-ring (bicyclic) bond motifs is 1. The molecule has 2 aliphatic rings. The fourth-order valence-corrected chi connectivity index (χ4v) is 4.34. The molecule has 0 saturated carbocycles. The van der Waals surface area contributed by atoms with Crippen molar-refractivity contribution >= 4 is 29.7 Å². The zero-order valence-corrected chi connectivity index (χ0v) is 13.2. The highest BCUT2D eigenvalue weighted by atomic mass is 32.2. The van der Waals surface area contributed by atoms with E-state index < -0.39 is 22.8 Å². The van der Waals surface area contributed by atoms with Gasteiger partial charge in [0.15, 0.2) is 0 Å². The van der Waals surface area contributed by atoms with Crippen LogP contribution in [0.1, 0.15) is 33.6 Å². The minimum atomic E-state index is -1.01. The Morgan fingerprint density at radius 2 is 2.10 bits per heavy atom. The lowest BCUT2D eigenvalue weighted by molar-refractivity contribution is -0.159. The molecule has 0 aliphatic carbocycles. The molecule has 2 saturated heterocycles. The van der Waals surface area contributed by atoms with Gasteiger partial charge in [0.1, 0.15) is 17.5 Å². The summed E-state index contributed by atoms with van der Waals surface area (Å²) in [5, 5.41) is 14.3. The van der Waals surface area contributed by atoms with Crippen molar-refractivity contribution in [3.63, 3.8) is 0 Å². The molecule has 8 heteroatoms. The van der Waals surface area contributed by atoms with Crippen LogP contribution in [0.2, 0.25) is 0 Å². The van der Waals surface area contributed by atoms with Crippen molar-refractivity contribution in [3.05, 3.63) is 0 Å². The van der Waals surface area contributed by atoms with Crippen LogP contribution in [0.3, 0.4) is 0 Å². The number of thioether (sulfide) groups is 1. The van der Waals surface area contributed by atoms with Crippen LogP contribution in [0.25, 0.3) is 0 Å². The molecule has 0 unspecified atom stereocenters. The Morgan fingerprint density at radius 1 is 1.43 bits per heavy atom. The van der Waals surface area contributed by atoms with Gasteiger partial charge in [-0.3, -0.25) is 4.79 Å². The lowest BCUT2D eigenvalue weighted by Crippen LogP contribution is -2.71. The van der Waals surface area contributed by atoms with Gasteiger partial charge >= 0.3 is 12.0 Å². The van der Waals surface area contributed by atoms with Crippen LogP contribution in [0.4, 0.5) is 4.79 Å². The number of rotatable bonds is 5. The van der Waals surface area contributed by atoms with Crippen molar-refractivity contribution in [1.82, 2.24) is 15.5 Å². The monoisotopic (exact) mass is 315 g/mol. The summed E-state index contributed by atoms with van der Waals surface area (Å²) >= 11 is 1.42. The Balaban J connectivity index is 1.97. The van der Waals surface area contributed by atoms with Gasteiger partial charge in [0.2, 0.25) is 5.91 Å². The molecule has 7 nitrogen and oxygen atoms in total. The molecule has 0 aromatic carbocycles. The highest BCUT2D eigenvalue weighted by molar-refractivity contribution is 8.01. The van der Waals surface area contributed by atoms with Crippen molar-refractivity contribution in [2.45, 2.75) is 55.8 Å². The summed E-state index contributed by atoms with van der Waals surface area (Å²) in [6.07, 6.45) is 1.85. The van der Waals surface area contributed by atoms with Gasteiger partial charge in [-0.2, -0.15) is 0 Å². The summed E-state index contributed by atoms with van der Waals surface area (Å²) in [4.78, 5) is 36.5. The van der Waals surface area contributed by atoms with Gasteiger partial charge in [-0.05, 0) is 20.3 Å². The summed E-state index contributed by atoms with van der Waals surface area (Å²) in [7, 11) is 0. The van der Waals surface area contributed by atoms with Crippen molar-refractivity contribution in [3.8, 4) is 0 Å². The van der Waals surface area contributed by atoms with E-state index in [4.69, 9.17) is 0 Å². The molecule has 2 rings (SSSR count). The Bertz CT molecular complexity index is 468. The fourth-order valence-electron chi connectivity index (χ4n) is 2.72. The molecule has 0 aromatic heterocycles. The summed E-state index contributed by atoms with van der Waals surface area (Å²) in [6, 6.07) is -1.86. The number of nitrogens with one attached hydrogen (secondary N) is 2. The first-order valence-corrected chi connectivity index (χ1v) is 7.94. The lowest BCUT2D eigenvalue weighted by atomic mass is 9.96. The van der Waals surface area contributed by atoms with E-state index in [1.807, 2.05) is 6.92 Å². The van der Waals surface area contributed by atoms with E-state index in [9.17, 15) is 19.5 Å². The molecular weight excluding hydrogens is 294 g/mol. The average molecular weight is 315 g/mol. The second kappa shape index (κ2) is 5.75. The van der Waals surface area contributed by atoms with E-state index in [-0.39, 0.29) is 17.3 Å². The van der Waals surface area contributed by atoms with E-state index >= 15 is 0 Å². The van der Waals surface area contributed by atoms with Gasteiger partial charge in [-0.25, -0.2) is 9.59 Å². The van der Waals surface area contributed by atoms with Crippen LogP contribution in [0.15, 0.2) is 0 Å². The Morgan fingerprint density at radius 3 is 2.67 bits per heavy atom. The largest absolute Gasteiger partial charge is 0.480 e. The van der Waals surface area contributed by atoms with Crippen LogP contribution in [-0.4, -0.2) is 56.7 Å². The van der Waals surface area contributed by atoms with Crippen LogP contribution in [-0.2, 0) is 9.59 Å². The van der Waals surface area contributed by atoms with Gasteiger partial charge in [-0.15, -0.1) is 11.8 Å². The first-order valence-electron chi connectivity index (χ1n) is 7.06. The van der Waals surface area contributed by atoms with E-state index in [1.54, 1.807) is 13.8 Å². The first kappa shape index (κ1) is 15.9. The molecule has 0 radical (unpaired) electrons. The predicted molar refractivity (Wildman–Crippen MR) is 79.0 cm³/mol.